The van der Waals surface area contributed by atoms with E-state index < -0.39 is 22.0 Å². The molecule has 1 rings (SSSR count). The molecular weight excluding hydrogens is 262 g/mol. The summed E-state index contributed by atoms with van der Waals surface area (Å²) in [4.78, 5) is 11.1. The van der Waals surface area contributed by atoms with Gasteiger partial charge >= 0.3 is 5.97 Å². The van der Waals surface area contributed by atoms with Crippen molar-refractivity contribution >= 4 is 27.3 Å². The van der Waals surface area contributed by atoms with E-state index in [1.165, 1.54) is 22.8 Å². The lowest BCUT2D eigenvalue weighted by Gasteiger charge is -2.15. The molecular formula is C10H15NO4S2. The summed E-state index contributed by atoms with van der Waals surface area (Å²) in [6.45, 7) is 3.68. The minimum Gasteiger partial charge on any atom is -0.480 e. The van der Waals surface area contributed by atoms with E-state index in [4.69, 9.17) is 5.11 Å². The molecule has 0 aliphatic rings. The molecule has 0 radical (unpaired) electrons. The first-order valence-electron chi connectivity index (χ1n) is 5.10. The molecule has 0 aliphatic carbocycles. The predicted molar refractivity (Wildman–Crippen MR) is 65.5 cm³/mol. The lowest BCUT2D eigenvalue weighted by Crippen LogP contribution is -2.41. The Morgan fingerprint density at radius 2 is 2.18 bits per heavy atom. The van der Waals surface area contributed by atoms with Crippen LogP contribution in [0, 0.1) is 5.92 Å². The maximum Gasteiger partial charge on any atom is 0.321 e. The van der Waals surface area contributed by atoms with Crippen LogP contribution < -0.4 is 4.72 Å². The molecule has 1 atom stereocenters. The first kappa shape index (κ1) is 14.1. The van der Waals surface area contributed by atoms with Crippen molar-refractivity contribution in [3.8, 4) is 0 Å². The van der Waals surface area contributed by atoms with Gasteiger partial charge in [-0.3, -0.25) is 4.79 Å². The molecule has 0 fully saturated rings. The van der Waals surface area contributed by atoms with Gasteiger partial charge in [0.15, 0.2) is 0 Å². The Hall–Kier alpha value is -0.920. The molecule has 0 unspecified atom stereocenters. The van der Waals surface area contributed by atoms with E-state index in [2.05, 4.69) is 4.72 Å². The van der Waals surface area contributed by atoms with Gasteiger partial charge in [0.1, 0.15) is 6.04 Å². The van der Waals surface area contributed by atoms with Crippen LogP contribution in [0.25, 0.3) is 0 Å². The molecule has 1 aromatic heterocycles. The van der Waals surface area contributed by atoms with E-state index in [0.717, 1.165) is 0 Å². The second-order valence-electron chi connectivity index (χ2n) is 4.10. The fraction of sp³-hybridized carbons (Fsp3) is 0.500. The Morgan fingerprint density at radius 3 is 2.59 bits per heavy atom. The number of hydrogen-bond acceptors (Lipinski definition) is 4. The van der Waals surface area contributed by atoms with E-state index >= 15 is 0 Å². The smallest absolute Gasteiger partial charge is 0.321 e. The highest BCUT2D eigenvalue weighted by atomic mass is 32.2. The van der Waals surface area contributed by atoms with Gasteiger partial charge in [0.2, 0.25) is 10.0 Å². The number of thiophene rings is 1. The summed E-state index contributed by atoms with van der Waals surface area (Å²) in [5, 5.41) is 12.1. The van der Waals surface area contributed by atoms with Crippen molar-refractivity contribution in [3.63, 3.8) is 0 Å². The number of carboxylic acid groups (broad SMARTS) is 1. The number of aliphatic carboxylic acids is 1. The van der Waals surface area contributed by atoms with Crippen LogP contribution in [0.4, 0.5) is 0 Å². The van der Waals surface area contributed by atoms with E-state index in [0.29, 0.717) is 0 Å². The molecule has 1 heterocycles. The van der Waals surface area contributed by atoms with Crippen LogP contribution in [0.5, 0.6) is 0 Å². The average Bonchev–Trinajstić information content (AvgIpc) is 2.68. The molecule has 2 N–H and O–H groups in total. The van der Waals surface area contributed by atoms with Crippen molar-refractivity contribution < 1.29 is 18.3 Å². The van der Waals surface area contributed by atoms with Crippen LogP contribution in [0.15, 0.2) is 21.7 Å². The van der Waals surface area contributed by atoms with Crippen LogP contribution in [-0.2, 0) is 14.8 Å². The fourth-order valence-corrected chi connectivity index (χ4v) is 3.56. The standard InChI is InChI=1S/C10H15NO4S2/c1-7(2)5-9(10(12)13)11-17(14,15)8-3-4-16-6-8/h3-4,6-7,9,11H,5H2,1-2H3,(H,12,13)/t9-/m1/s1. The zero-order valence-corrected chi connectivity index (χ0v) is 11.2. The quantitative estimate of drug-likeness (QED) is 0.826. The van der Waals surface area contributed by atoms with E-state index in [9.17, 15) is 13.2 Å². The van der Waals surface area contributed by atoms with Gasteiger partial charge in [0, 0.05) is 5.38 Å². The molecule has 0 amide bonds. The zero-order chi connectivity index (χ0) is 13.1. The van der Waals surface area contributed by atoms with Crippen LogP contribution in [0.1, 0.15) is 20.3 Å². The number of nitrogens with one attached hydrogen (secondary N) is 1. The summed E-state index contributed by atoms with van der Waals surface area (Å²) >= 11 is 1.25. The maximum absolute atomic E-state index is 11.8. The van der Waals surface area contributed by atoms with Gasteiger partial charge in [-0.05, 0) is 23.8 Å². The van der Waals surface area contributed by atoms with Gasteiger partial charge in [-0.15, -0.1) is 0 Å². The number of rotatable bonds is 6. The Kier molecular flexibility index (Phi) is 4.67. The Morgan fingerprint density at radius 1 is 1.53 bits per heavy atom. The van der Waals surface area contributed by atoms with Crippen LogP contribution in [-0.4, -0.2) is 25.5 Å². The van der Waals surface area contributed by atoms with E-state index in [1.54, 1.807) is 5.38 Å². The highest BCUT2D eigenvalue weighted by molar-refractivity contribution is 7.89. The van der Waals surface area contributed by atoms with Crippen LogP contribution >= 0.6 is 11.3 Å². The van der Waals surface area contributed by atoms with Crippen molar-refractivity contribution in [3.05, 3.63) is 16.8 Å². The van der Waals surface area contributed by atoms with Gasteiger partial charge < -0.3 is 5.11 Å². The molecule has 0 spiro atoms. The van der Waals surface area contributed by atoms with E-state index in [1.807, 2.05) is 13.8 Å². The molecule has 0 bridgehead atoms. The zero-order valence-electron chi connectivity index (χ0n) is 9.58. The summed E-state index contributed by atoms with van der Waals surface area (Å²) in [5.41, 5.74) is 0. The molecule has 0 saturated heterocycles. The molecule has 0 aliphatic heterocycles. The van der Waals surface area contributed by atoms with Gasteiger partial charge in [-0.2, -0.15) is 16.1 Å². The number of hydrogen-bond donors (Lipinski definition) is 2. The van der Waals surface area contributed by atoms with Crippen LogP contribution in [0.2, 0.25) is 0 Å². The highest BCUT2D eigenvalue weighted by Crippen LogP contribution is 2.15. The van der Waals surface area contributed by atoms with Crippen molar-refractivity contribution in [2.75, 3.05) is 0 Å². The minimum absolute atomic E-state index is 0.0984. The second kappa shape index (κ2) is 5.61. The second-order valence-corrected chi connectivity index (χ2v) is 6.59. The summed E-state index contributed by atoms with van der Waals surface area (Å²) in [7, 11) is -3.73. The van der Waals surface area contributed by atoms with Crippen molar-refractivity contribution in [2.45, 2.75) is 31.2 Å². The fourth-order valence-electron chi connectivity index (χ4n) is 1.33. The molecule has 0 aromatic carbocycles. The number of carboxylic acids is 1. The Balaban J connectivity index is 2.84. The summed E-state index contributed by atoms with van der Waals surface area (Å²) in [5.74, 6) is -1.06. The molecule has 7 heteroatoms. The van der Waals surface area contributed by atoms with Crippen molar-refractivity contribution in [2.24, 2.45) is 5.92 Å². The van der Waals surface area contributed by atoms with Gasteiger partial charge in [0.25, 0.3) is 0 Å². The minimum atomic E-state index is -3.73. The largest absolute Gasteiger partial charge is 0.480 e. The first-order chi connectivity index (χ1) is 7.83. The average molecular weight is 277 g/mol. The van der Waals surface area contributed by atoms with Gasteiger partial charge in [-0.25, -0.2) is 8.42 Å². The molecule has 96 valence electrons. The highest BCUT2D eigenvalue weighted by Gasteiger charge is 2.26. The Bertz CT molecular complexity index is 465. The number of carbonyl (C=O) groups is 1. The first-order valence-corrected chi connectivity index (χ1v) is 7.53. The molecule has 1 aromatic rings. The van der Waals surface area contributed by atoms with Crippen LogP contribution in [0.3, 0.4) is 0 Å². The number of sulfonamides is 1. The van der Waals surface area contributed by atoms with Gasteiger partial charge in [-0.1, -0.05) is 13.8 Å². The van der Waals surface area contributed by atoms with E-state index in [-0.39, 0.29) is 17.2 Å². The molecule has 17 heavy (non-hydrogen) atoms. The normalized spacial score (nSPS) is 13.8. The lowest BCUT2D eigenvalue weighted by molar-refractivity contribution is -0.139. The predicted octanol–water partition coefficient (Wildman–Crippen LogP) is 1.53. The summed E-state index contributed by atoms with van der Waals surface area (Å²) < 4.78 is 25.8. The molecule has 0 saturated carbocycles. The summed E-state index contributed by atoms with van der Waals surface area (Å²) in [6.07, 6.45) is 0.263. The maximum atomic E-state index is 11.8. The third kappa shape index (κ3) is 4.10. The monoisotopic (exact) mass is 277 g/mol. The SMILES string of the molecule is CC(C)C[C@@H](NS(=O)(=O)c1ccsc1)C(=O)O. The van der Waals surface area contributed by atoms with Gasteiger partial charge in [0.05, 0.1) is 4.90 Å². The Labute approximate surface area is 105 Å². The summed E-state index contributed by atoms with van der Waals surface area (Å²) in [6, 6.07) is 0.362. The lowest BCUT2D eigenvalue weighted by atomic mass is 10.1. The van der Waals surface area contributed by atoms with Crippen molar-refractivity contribution in [1.82, 2.24) is 4.72 Å². The third-order valence-electron chi connectivity index (χ3n) is 2.11. The topological polar surface area (TPSA) is 83.5 Å². The van der Waals surface area contributed by atoms with Crippen molar-refractivity contribution in [1.29, 1.82) is 0 Å². The molecule has 5 nitrogen and oxygen atoms in total. The third-order valence-corrected chi connectivity index (χ3v) is 4.41.